The fourth-order valence-corrected chi connectivity index (χ4v) is 2.45. The van der Waals surface area contributed by atoms with Gasteiger partial charge in [-0.2, -0.15) is 0 Å². The van der Waals surface area contributed by atoms with Crippen LogP contribution >= 0.6 is 0 Å². The molecule has 0 bridgehead atoms. The molecule has 0 aliphatic carbocycles. The number of carbonyl (C=O) groups is 2. The highest BCUT2D eigenvalue weighted by atomic mass is 16.2. The summed E-state index contributed by atoms with van der Waals surface area (Å²) < 4.78 is 0. The van der Waals surface area contributed by atoms with Crippen LogP contribution in [0.25, 0.3) is 10.8 Å². The molecule has 2 atom stereocenters. The Morgan fingerprint density at radius 3 is 2.43 bits per heavy atom. The number of benzene rings is 2. The summed E-state index contributed by atoms with van der Waals surface area (Å²) in [5.41, 5.74) is 0.968. The van der Waals surface area contributed by atoms with Gasteiger partial charge < -0.3 is 10.6 Å². The minimum absolute atomic E-state index is 0.111. The number of rotatable bonds is 6. The van der Waals surface area contributed by atoms with E-state index in [1.165, 1.54) is 0 Å². The van der Waals surface area contributed by atoms with Crippen LogP contribution in [0.2, 0.25) is 0 Å². The molecule has 0 saturated carbocycles. The van der Waals surface area contributed by atoms with E-state index in [-0.39, 0.29) is 24.3 Å². The van der Waals surface area contributed by atoms with Gasteiger partial charge in [-0.3, -0.25) is 9.59 Å². The second kappa shape index (κ2) is 7.77. The third-order valence-electron chi connectivity index (χ3n) is 4.00. The van der Waals surface area contributed by atoms with Gasteiger partial charge in [0.2, 0.25) is 11.8 Å². The molecule has 0 radical (unpaired) electrons. The first-order chi connectivity index (χ1) is 11.0. The summed E-state index contributed by atoms with van der Waals surface area (Å²) in [6.07, 6.45) is 1.13. The van der Waals surface area contributed by atoms with E-state index < -0.39 is 6.04 Å². The number of carbonyl (C=O) groups excluding carboxylic acids is 2. The fourth-order valence-electron chi connectivity index (χ4n) is 2.45. The Bertz CT molecular complexity index is 691. The van der Waals surface area contributed by atoms with Crippen LogP contribution in [0, 0.1) is 0 Å². The molecule has 2 N–H and O–H groups in total. The molecule has 0 heterocycles. The smallest absolute Gasteiger partial charge is 0.242 e. The SMILES string of the molecule is CC[C@H](C)NC(=O)[C@H](C)NC(=O)Cc1cccc2ccccc12. The first-order valence-corrected chi connectivity index (χ1v) is 8.07. The molecule has 2 aromatic rings. The predicted octanol–water partition coefficient (Wildman–Crippen LogP) is 2.80. The summed E-state index contributed by atoms with van der Waals surface area (Å²) in [5, 5.41) is 7.83. The highest BCUT2D eigenvalue weighted by Gasteiger charge is 2.17. The lowest BCUT2D eigenvalue weighted by Gasteiger charge is -2.17. The summed E-state index contributed by atoms with van der Waals surface area (Å²) in [6, 6.07) is 13.5. The van der Waals surface area contributed by atoms with Crippen LogP contribution in [0.15, 0.2) is 42.5 Å². The minimum Gasteiger partial charge on any atom is -0.352 e. The Morgan fingerprint density at radius 2 is 1.70 bits per heavy atom. The fraction of sp³-hybridized carbons (Fsp3) is 0.368. The third kappa shape index (κ3) is 4.55. The standard InChI is InChI=1S/C19H24N2O2/c1-4-13(2)20-19(23)14(3)21-18(22)12-16-10-7-9-15-8-5-6-11-17(15)16/h5-11,13-14H,4,12H2,1-3H3,(H,20,23)(H,21,22)/t13-,14-/m0/s1. The molecule has 2 aromatic carbocycles. The van der Waals surface area contributed by atoms with Gasteiger partial charge in [0.1, 0.15) is 6.04 Å². The molecule has 0 fully saturated rings. The van der Waals surface area contributed by atoms with Crippen LogP contribution in [0.1, 0.15) is 32.8 Å². The maximum absolute atomic E-state index is 12.2. The van der Waals surface area contributed by atoms with Crippen molar-refractivity contribution >= 4 is 22.6 Å². The van der Waals surface area contributed by atoms with Crippen LogP contribution in [-0.4, -0.2) is 23.9 Å². The molecule has 4 nitrogen and oxygen atoms in total. The van der Waals surface area contributed by atoms with Crippen molar-refractivity contribution in [2.75, 3.05) is 0 Å². The van der Waals surface area contributed by atoms with Crippen molar-refractivity contribution in [3.63, 3.8) is 0 Å². The number of hydrogen-bond donors (Lipinski definition) is 2. The normalized spacial score (nSPS) is 13.3. The van der Waals surface area contributed by atoms with E-state index in [1.807, 2.05) is 56.3 Å². The molecule has 0 aromatic heterocycles. The van der Waals surface area contributed by atoms with Gasteiger partial charge in [0.05, 0.1) is 6.42 Å². The van der Waals surface area contributed by atoms with Crippen LogP contribution in [-0.2, 0) is 16.0 Å². The highest BCUT2D eigenvalue weighted by Crippen LogP contribution is 2.18. The van der Waals surface area contributed by atoms with Crippen LogP contribution < -0.4 is 10.6 Å². The minimum atomic E-state index is -0.536. The van der Waals surface area contributed by atoms with Crippen molar-refractivity contribution in [3.05, 3.63) is 48.0 Å². The van der Waals surface area contributed by atoms with E-state index in [0.717, 1.165) is 22.8 Å². The Kier molecular flexibility index (Phi) is 5.74. The van der Waals surface area contributed by atoms with E-state index in [0.29, 0.717) is 0 Å². The maximum Gasteiger partial charge on any atom is 0.242 e. The van der Waals surface area contributed by atoms with Crippen molar-refractivity contribution < 1.29 is 9.59 Å². The van der Waals surface area contributed by atoms with Crippen molar-refractivity contribution in [3.8, 4) is 0 Å². The van der Waals surface area contributed by atoms with E-state index in [1.54, 1.807) is 6.92 Å². The molecule has 0 aliphatic rings. The molecule has 2 amide bonds. The topological polar surface area (TPSA) is 58.2 Å². The number of hydrogen-bond acceptors (Lipinski definition) is 2. The number of fused-ring (bicyclic) bond motifs is 1. The van der Waals surface area contributed by atoms with E-state index >= 15 is 0 Å². The van der Waals surface area contributed by atoms with Gasteiger partial charge in [-0.05, 0) is 36.6 Å². The molecule has 122 valence electrons. The van der Waals surface area contributed by atoms with Crippen LogP contribution in [0.5, 0.6) is 0 Å². The Morgan fingerprint density at radius 1 is 1.00 bits per heavy atom. The molecule has 0 unspecified atom stereocenters. The maximum atomic E-state index is 12.2. The summed E-state index contributed by atoms with van der Waals surface area (Å²) in [7, 11) is 0. The zero-order valence-corrected chi connectivity index (χ0v) is 13.9. The quantitative estimate of drug-likeness (QED) is 0.861. The molecular formula is C19H24N2O2. The highest BCUT2D eigenvalue weighted by molar-refractivity contribution is 5.92. The number of nitrogens with one attached hydrogen (secondary N) is 2. The van der Waals surface area contributed by atoms with Gasteiger partial charge in [-0.1, -0.05) is 49.4 Å². The van der Waals surface area contributed by atoms with E-state index in [9.17, 15) is 9.59 Å². The van der Waals surface area contributed by atoms with Gasteiger partial charge in [0, 0.05) is 6.04 Å². The third-order valence-corrected chi connectivity index (χ3v) is 4.00. The summed E-state index contributed by atoms with van der Waals surface area (Å²) in [4.78, 5) is 24.2. The van der Waals surface area contributed by atoms with Gasteiger partial charge >= 0.3 is 0 Å². The van der Waals surface area contributed by atoms with Crippen molar-refractivity contribution in [1.82, 2.24) is 10.6 Å². The molecular weight excluding hydrogens is 288 g/mol. The molecule has 23 heavy (non-hydrogen) atoms. The van der Waals surface area contributed by atoms with Crippen molar-refractivity contribution in [2.24, 2.45) is 0 Å². The van der Waals surface area contributed by atoms with Crippen LogP contribution in [0.4, 0.5) is 0 Å². The zero-order valence-electron chi connectivity index (χ0n) is 13.9. The van der Waals surface area contributed by atoms with Crippen molar-refractivity contribution in [1.29, 1.82) is 0 Å². The molecule has 2 rings (SSSR count). The first kappa shape index (κ1) is 17.0. The largest absolute Gasteiger partial charge is 0.352 e. The second-order valence-corrected chi connectivity index (χ2v) is 5.92. The zero-order chi connectivity index (χ0) is 16.8. The van der Waals surface area contributed by atoms with Gasteiger partial charge in [-0.25, -0.2) is 0 Å². The molecule has 0 saturated heterocycles. The summed E-state index contributed by atoms with van der Waals surface area (Å²) >= 11 is 0. The lowest BCUT2D eigenvalue weighted by molar-refractivity contribution is -0.128. The lowest BCUT2D eigenvalue weighted by atomic mass is 10.0. The molecule has 4 heteroatoms. The first-order valence-electron chi connectivity index (χ1n) is 8.07. The number of amides is 2. The predicted molar refractivity (Wildman–Crippen MR) is 93.2 cm³/mol. The average molecular weight is 312 g/mol. The lowest BCUT2D eigenvalue weighted by Crippen LogP contribution is -2.47. The Balaban J connectivity index is 2.00. The Labute approximate surface area is 137 Å². The molecule has 0 spiro atoms. The van der Waals surface area contributed by atoms with E-state index in [4.69, 9.17) is 0 Å². The van der Waals surface area contributed by atoms with Crippen LogP contribution in [0.3, 0.4) is 0 Å². The Hall–Kier alpha value is -2.36. The second-order valence-electron chi connectivity index (χ2n) is 5.92. The molecule has 0 aliphatic heterocycles. The van der Waals surface area contributed by atoms with Crippen molar-refractivity contribution in [2.45, 2.75) is 45.7 Å². The van der Waals surface area contributed by atoms with Gasteiger partial charge in [0.25, 0.3) is 0 Å². The summed E-state index contributed by atoms with van der Waals surface area (Å²) in [6.45, 7) is 5.66. The average Bonchev–Trinajstić information content (AvgIpc) is 2.54. The van der Waals surface area contributed by atoms with Gasteiger partial charge in [-0.15, -0.1) is 0 Å². The van der Waals surface area contributed by atoms with E-state index in [2.05, 4.69) is 10.6 Å². The summed E-state index contributed by atoms with van der Waals surface area (Å²) in [5.74, 6) is -0.293. The monoisotopic (exact) mass is 312 g/mol. The van der Waals surface area contributed by atoms with Gasteiger partial charge in [0.15, 0.2) is 0 Å².